The molecule has 2 heterocycles. The van der Waals surface area contributed by atoms with Crippen molar-refractivity contribution in [3.8, 4) is 23.1 Å². The second kappa shape index (κ2) is 8.37. The molecule has 3 aromatic rings. The van der Waals surface area contributed by atoms with Crippen molar-refractivity contribution in [2.45, 2.75) is 6.92 Å². The van der Waals surface area contributed by atoms with Crippen molar-refractivity contribution in [2.24, 2.45) is 0 Å². The number of aromatic nitrogens is 2. The maximum absolute atomic E-state index is 4.53. The summed E-state index contributed by atoms with van der Waals surface area (Å²) < 4.78 is 0. The lowest BCUT2D eigenvalue weighted by atomic mass is 10.2. The first-order valence-electron chi connectivity index (χ1n) is 8.33. The molecule has 2 aromatic heterocycles. The molecule has 0 unspecified atom stereocenters. The molecule has 0 saturated heterocycles. The summed E-state index contributed by atoms with van der Waals surface area (Å²) in [5.74, 6) is 6.40. The van der Waals surface area contributed by atoms with Gasteiger partial charge in [0.1, 0.15) is 0 Å². The van der Waals surface area contributed by atoms with Crippen LogP contribution in [-0.2, 0) is 0 Å². The van der Waals surface area contributed by atoms with E-state index in [0.717, 1.165) is 33.8 Å². The SMILES string of the molecule is Cc1ccc(-c2ccsc2)nc[nH]c(C#Cc2ccc(N(C)C)cc2)c1. The Morgan fingerprint density at radius 3 is 2.50 bits per heavy atom. The molecular formula is C22H21N3S. The van der Waals surface area contributed by atoms with Crippen molar-refractivity contribution in [1.82, 2.24) is 9.97 Å². The third kappa shape index (κ3) is 4.75. The molecule has 0 aliphatic carbocycles. The maximum atomic E-state index is 4.53. The summed E-state index contributed by atoms with van der Waals surface area (Å²) in [5.41, 5.74) is 6.12. The minimum absolute atomic E-state index is 0.819. The lowest BCUT2D eigenvalue weighted by Gasteiger charge is -2.11. The summed E-state index contributed by atoms with van der Waals surface area (Å²) in [6, 6.07) is 16.4. The fraction of sp³-hybridized carbons (Fsp3) is 0.136. The average molecular weight is 359 g/mol. The Balaban J connectivity index is 1.92. The first-order valence-corrected chi connectivity index (χ1v) is 9.27. The molecule has 0 fully saturated rings. The predicted molar refractivity (Wildman–Crippen MR) is 111 cm³/mol. The molecule has 3 nitrogen and oxygen atoms in total. The number of nitrogens with one attached hydrogen (secondary N) is 1. The predicted octanol–water partition coefficient (Wildman–Crippen LogP) is 5.04. The molecule has 0 amide bonds. The van der Waals surface area contributed by atoms with Crippen molar-refractivity contribution < 1.29 is 0 Å². The Kier molecular flexibility index (Phi) is 5.73. The van der Waals surface area contributed by atoms with Gasteiger partial charge in [-0.05, 0) is 66.3 Å². The number of hydrogen-bond donors (Lipinski definition) is 1. The Labute approximate surface area is 158 Å². The fourth-order valence-corrected chi connectivity index (χ4v) is 3.03. The second-order valence-corrected chi connectivity index (χ2v) is 6.91. The minimum Gasteiger partial charge on any atom is -0.378 e. The zero-order valence-electron chi connectivity index (χ0n) is 15.2. The van der Waals surface area contributed by atoms with E-state index in [-0.39, 0.29) is 0 Å². The van der Waals surface area contributed by atoms with Gasteiger partial charge in [-0.2, -0.15) is 11.3 Å². The number of aromatic amines is 1. The van der Waals surface area contributed by atoms with E-state index in [0.29, 0.717) is 0 Å². The van der Waals surface area contributed by atoms with Crippen LogP contribution in [0.1, 0.15) is 16.8 Å². The van der Waals surface area contributed by atoms with Gasteiger partial charge in [-0.1, -0.05) is 12.0 Å². The molecule has 0 bridgehead atoms. The smallest absolute Gasteiger partial charge is 0.0935 e. The van der Waals surface area contributed by atoms with Gasteiger partial charge in [-0.25, -0.2) is 4.98 Å². The van der Waals surface area contributed by atoms with Crippen LogP contribution >= 0.6 is 11.3 Å². The molecule has 130 valence electrons. The standard InChI is InChI=1S/C22H21N3S/c1-17-4-11-22(19-12-13-26-15-19)24-16-23-20(14-17)8-5-18-6-9-21(10-7-18)25(2)3/h4,6-7,9-16H,1-3H3,(H,23,24). The zero-order chi connectivity index (χ0) is 18.4. The van der Waals surface area contributed by atoms with Gasteiger partial charge in [0.25, 0.3) is 0 Å². The molecule has 4 heteroatoms. The molecule has 26 heavy (non-hydrogen) atoms. The molecular weight excluding hydrogens is 338 g/mol. The topological polar surface area (TPSA) is 31.9 Å². The number of hydrogen-bond acceptors (Lipinski definition) is 3. The number of anilines is 1. The summed E-state index contributed by atoms with van der Waals surface area (Å²) in [5, 5.41) is 4.15. The van der Waals surface area contributed by atoms with Gasteiger partial charge in [-0.3, -0.25) is 0 Å². The molecule has 3 rings (SSSR count). The second-order valence-electron chi connectivity index (χ2n) is 6.13. The average Bonchev–Trinajstić information content (AvgIpc) is 3.18. The first kappa shape index (κ1) is 17.8. The molecule has 1 N–H and O–H groups in total. The van der Waals surface area contributed by atoms with Crippen molar-refractivity contribution in [3.05, 3.63) is 82.4 Å². The molecule has 0 aliphatic rings. The summed E-state index contributed by atoms with van der Waals surface area (Å²) in [6.07, 6.45) is 1.70. The lowest BCUT2D eigenvalue weighted by molar-refractivity contribution is 1.13. The highest BCUT2D eigenvalue weighted by atomic mass is 32.1. The molecule has 0 atom stereocenters. The van der Waals surface area contributed by atoms with Crippen molar-refractivity contribution in [2.75, 3.05) is 19.0 Å². The van der Waals surface area contributed by atoms with Crippen LogP contribution in [0.25, 0.3) is 11.3 Å². The van der Waals surface area contributed by atoms with Gasteiger partial charge >= 0.3 is 0 Å². The first-order chi connectivity index (χ1) is 12.6. The van der Waals surface area contributed by atoms with E-state index in [1.54, 1.807) is 17.7 Å². The van der Waals surface area contributed by atoms with E-state index in [2.05, 4.69) is 68.7 Å². The largest absolute Gasteiger partial charge is 0.378 e. The van der Waals surface area contributed by atoms with Crippen LogP contribution in [0.4, 0.5) is 5.69 Å². The highest BCUT2D eigenvalue weighted by Crippen LogP contribution is 2.18. The number of thiophene rings is 1. The van der Waals surface area contributed by atoms with Crippen LogP contribution in [0, 0.1) is 18.8 Å². The van der Waals surface area contributed by atoms with Crippen LogP contribution in [0.3, 0.4) is 0 Å². The third-order valence-electron chi connectivity index (χ3n) is 3.84. The van der Waals surface area contributed by atoms with E-state index < -0.39 is 0 Å². The van der Waals surface area contributed by atoms with Gasteiger partial charge in [0.15, 0.2) is 0 Å². The highest BCUT2D eigenvalue weighted by molar-refractivity contribution is 7.08. The highest BCUT2D eigenvalue weighted by Gasteiger charge is 1.97. The third-order valence-corrected chi connectivity index (χ3v) is 4.53. The Bertz CT molecular complexity index is 970. The van der Waals surface area contributed by atoms with E-state index in [1.165, 1.54) is 0 Å². The van der Waals surface area contributed by atoms with Crippen molar-refractivity contribution in [3.63, 3.8) is 0 Å². The summed E-state index contributed by atoms with van der Waals surface area (Å²) in [4.78, 5) is 9.79. The number of rotatable bonds is 2. The fourth-order valence-electron chi connectivity index (χ4n) is 2.38. The summed E-state index contributed by atoms with van der Waals surface area (Å²) in [7, 11) is 4.06. The van der Waals surface area contributed by atoms with E-state index in [1.807, 2.05) is 38.4 Å². The van der Waals surface area contributed by atoms with Crippen LogP contribution < -0.4 is 4.90 Å². The molecule has 0 spiro atoms. The van der Waals surface area contributed by atoms with Crippen LogP contribution in [0.15, 0.2) is 65.6 Å². The van der Waals surface area contributed by atoms with Crippen molar-refractivity contribution in [1.29, 1.82) is 0 Å². The van der Waals surface area contributed by atoms with Gasteiger partial charge in [0.05, 0.1) is 17.7 Å². The normalized spacial score (nSPS) is 9.81. The Hall–Kier alpha value is -3.03. The van der Waals surface area contributed by atoms with Gasteiger partial charge in [-0.15, -0.1) is 0 Å². The zero-order valence-corrected chi connectivity index (χ0v) is 16.0. The summed E-state index contributed by atoms with van der Waals surface area (Å²) in [6.45, 7) is 2.06. The minimum atomic E-state index is 0.819. The van der Waals surface area contributed by atoms with E-state index in [4.69, 9.17) is 0 Å². The molecule has 0 aliphatic heterocycles. The molecule has 0 saturated carbocycles. The van der Waals surface area contributed by atoms with Crippen LogP contribution in [0.2, 0.25) is 0 Å². The lowest BCUT2D eigenvalue weighted by Crippen LogP contribution is -2.07. The number of H-pyrrole nitrogens is 1. The number of aryl methyl sites for hydroxylation is 1. The maximum Gasteiger partial charge on any atom is 0.0935 e. The van der Waals surface area contributed by atoms with Gasteiger partial charge in [0.2, 0.25) is 0 Å². The van der Waals surface area contributed by atoms with Crippen molar-refractivity contribution >= 4 is 17.0 Å². The van der Waals surface area contributed by atoms with Gasteiger partial charge in [0, 0.05) is 36.3 Å². The Morgan fingerprint density at radius 2 is 1.81 bits per heavy atom. The molecule has 0 radical (unpaired) electrons. The molecule has 1 aromatic carbocycles. The number of benzene rings is 1. The van der Waals surface area contributed by atoms with Crippen LogP contribution in [-0.4, -0.2) is 24.1 Å². The summed E-state index contributed by atoms with van der Waals surface area (Å²) >= 11 is 1.67. The van der Waals surface area contributed by atoms with E-state index in [9.17, 15) is 0 Å². The van der Waals surface area contributed by atoms with Gasteiger partial charge < -0.3 is 9.88 Å². The van der Waals surface area contributed by atoms with E-state index >= 15 is 0 Å². The quantitative estimate of drug-likeness (QED) is 0.650. The Morgan fingerprint density at radius 1 is 1.00 bits per heavy atom. The monoisotopic (exact) mass is 359 g/mol. The number of nitrogens with zero attached hydrogens (tertiary/aromatic N) is 2. The van der Waals surface area contributed by atoms with Crippen LogP contribution in [0.5, 0.6) is 0 Å².